The smallest absolute Gasteiger partial charge is 0.475 e. The molecular formula is C23H24F3N5O4. The number of carboxylic acid groups (broad SMARTS) is 1. The highest BCUT2D eigenvalue weighted by atomic mass is 19.4. The summed E-state index contributed by atoms with van der Waals surface area (Å²) in [7, 11) is 2.08. The number of aromatic nitrogens is 2. The average molecular weight is 491 g/mol. The molecule has 1 aliphatic heterocycles. The van der Waals surface area contributed by atoms with Crippen molar-refractivity contribution < 1.29 is 32.7 Å². The van der Waals surface area contributed by atoms with Gasteiger partial charge in [0, 0.05) is 23.2 Å². The van der Waals surface area contributed by atoms with Crippen molar-refractivity contribution >= 4 is 34.4 Å². The number of benzene rings is 2. The number of nitrogens with two attached hydrogens (primary N) is 1. The lowest BCUT2D eigenvalue weighted by molar-refractivity contribution is -0.192. The molecule has 1 saturated heterocycles. The minimum atomic E-state index is -5.08. The second-order valence-electron chi connectivity index (χ2n) is 8.10. The van der Waals surface area contributed by atoms with E-state index in [1.807, 2.05) is 36.5 Å². The molecule has 0 saturated carbocycles. The zero-order valence-corrected chi connectivity index (χ0v) is 18.7. The number of piperidine rings is 1. The molecule has 0 radical (unpaired) electrons. The lowest BCUT2D eigenvalue weighted by Gasteiger charge is -2.28. The van der Waals surface area contributed by atoms with Crippen LogP contribution in [0.5, 0.6) is 0 Å². The Morgan fingerprint density at radius 3 is 2.23 bits per heavy atom. The van der Waals surface area contributed by atoms with Gasteiger partial charge in [-0.1, -0.05) is 12.1 Å². The average Bonchev–Trinajstić information content (AvgIpc) is 3.24. The minimum Gasteiger partial charge on any atom is -0.475 e. The van der Waals surface area contributed by atoms with Gasteiger partial charge in [-0.3, -0.25) is 9.59 Å². The van der Waals surface area contributed by atoms with Crippen molar-refractivity contribution in [1.29, 1.82) is 0 Å². The normalized spacial score (nSPS) is 14.7. The van der Waals surface area contributed by atoms with Gasteiger partial charge in [0.2, 0.25) is 5.91 Å². The molecule has 2 amide bonds. The lowest BCUT2D eigenvalue weighted by Crippen LogP contribution is -2.35. The molecule has 0 unspecified atom stereocenters. The van der Waals surface area contributed by atoms with Gasteiger partial charge >= 0.3 is 12.1 Å². The standard InChI is InChI=1S/C21H23N5O2.C2HF3O2/c1-25-11-9-14(10-12-25)21(28)23-16-5-7-17(8-6-16)26-13-15-3-2-4-18(20(22)27)19(15)24-26;3-2(4,5)1(6)7/h2-8,13-14H,9-12H2,1H3,(H2,22,27)(H,23,28);(H,6,7). The number of nitrogens with zero attached hydrogens (tertiary/aromatic N) is 3. The van der Waals surface area contributed by atoms with Gasteiger partial charge in [-0.25, -0.2) is 9.48 Å². The summed E-state index contributed by atoms with van der Waals surface area (Å²) in [5, 5.41) is 15.5. The number of amides is 2. The SMILES string of the molecule is CN1CCC(C(=O)Nc2ccc(-n3cc4cccc(C(N)=O)c4n3)cc2)CC1.O=C(O)C(F)(F)F. The maximum atomic E-state index is 12.5. The predicted octanol–water partition coefficient (Wildman–Crippen LogP) is 3.04. The number of alkyl halides is 3. The number of halogens is 3. The fourth-order valence-corrected chi connectivity index (χ4v) is 3.59. The first-order valence-corrected chi connectivity index (χ1v) is 10.6. The Morgan fingerprint density at radius 2 is 1.69 bits per heavy atom. The van der Waals surface area contributed by atoms with Gasteiger partial charge in [0.25, 0.3) is 5.91 Å². The Hall–Kier alpha value is -3.93. The number of rotatable bonds is 4. The number of carboxylic acids is 1. The van der Waals surface area contributed by atoms with Crippen molar-refractivity contribution in [2.45, 2.75) is 19.0 Å². The molecular weight excluding hydrogens is 467 g/mol. The predicted molar refractivity (Wildman–Crippen MR) is 122 cm³/mol. The van der Waals surface area contributed by atoms with Gasteiger partial charge in [-0.2, -0.15) is 18.3 Å². The molecule has 1 fully saturated rings. The molecule has 1 aromatic heterocycles. The Labute approximate surface area is 198 Å². The van der Waals surface area contributed by atoms with Gasteiger partial charge in [-0.15, -0.1) is 0 Å². The Kier molecular flexibility index (Phi) is 7.75. The molecule has 186 valence electrons. The van der Waals surface area contributed by atoms with Crippen molar-refractivity contribution in [2.75, 3.05) is 25.5 Å². The highest BCUT2D eigenvalue weighted by molar-refractivity contribution is 6.04. The Morgan fingerprint density at radius 1 is 1.09 bits per heavy atom. The van der Waals surface area contributed by atoms with E-state index in [0.717, 1.165) is 42.7 Å². The molecule has 9 nitrogen and oxygen atoms in total. The van der Waals surface area contributed by atoms with Gasteiger partial charge in [-0.05, 0) is 63.3 Å². The van der Waals surface area contributed by atoms with E-state index in [4.69, 9.17) is 15.6 Å². The highest BCUT2D eigenvalue weighted by Gasteiger charge is 2.38. The Bertz CT molecular complexity index is 1220. The molecule has 0 spiro atoms. The summed E-state index contributed by atoms with van der Waals surface area (Å²) in [6, 6.07) is 12.9. The first kappa shape index (κ1) is 25.7. The van der Waals surface area contributed by atoms with Crippen LogP contribution in [-0.2, 0) is 9.59 Å². The van der Waals surface area contributed by atoms with Crippen LogP contribution in [0.15, 0.2) is 48.7 Å². The monoisotopic (exact) mass is 491 g/mol. The zero-order chi connectivity index (χ0) is 25.8. The number of carbonyl (C=O) groups excluding carboxylic acids is 2. The van der Waals surface area contributed by atoms with Crippen molar-refractivity contribution in [3.05, 3.63) is 54.2 Å². The number of anilines is 1. The molecule has 3 aromatic rings. The van der Waals surface area contributed by atoms with Gasteiger partial charge in [0.15, 0.2) is 0 Å². The summed E-state index contributed by atoms with van der Waals surface area (Å²) in [6.07, 6.45) is -1.45. The van der Waals surface area contributed by atoms with Crippen LogP contribution < -0.4 is 11.1 Å². The van der Waals surface area contributed by atoms with Crippen molar-refractivity contribution in [2.24, 2.45) is 11.7 Å². The molecule has 0 atom stereocenters. The van der Waals surface area contributed by atoms with E-state index in [2.05, 4.69) is 22.4 Å². The first-order valence-electron chi connectivity index (χ1n) is 10.6. The van der Waals surface area contributed by atoms with E-state index in [9.17, 15) is 22.8 Å². The number of hydrogen-bond acceptors (Lipinski definition) is 5. The number of aliphatic carboxylic acids is 1. The topological polar surface area (TPSA) is 131 Å². The number of carbonyl (C=O) groups is 3. The zero-order valence-electron chi connectivity index (χ0n) is 18.7. The van der Waals surface area contributed by atoms with Gasteiger partial charge in [0.1, 0.15) is 5.52 Å². The fraction of sp³-hybridized carbons (Fsp3) is 0.304. The molecule has 1 aliphatic rings. The maximum absolute atomic E-state index is 12.5. The fourth-order valence-electron chi connectivity index (χ4n) is 3.59. The molecule has 35 heavy (non-hydrogen) atoms. The summed E-state index contributed by atoms with van der Waals surface area (Å²) in [5.41, 5.74) is 8.01. The molecule has 2 aromatic carbocycles. The van der Waals surface area contributed by atoms with Crippen LogP contribution in [0.25, 0.3) is 16.6 Å². The van der Waals surface area contributed by atoms with E-state index < -0.39 is 18.1 Å². The van der Waals surface area contributed by atoms with Crippen molar-refractivity contribution in [3.8, 4) is 5.69 Å². The van der Waals surface area contributed by atoms with Crippen LogP contribution in [0.4, 0.5) is 18.9 Å². The van der Waals surface area contributed by atoms with Gasteiger partial charge in [0.05, 0.1) is 11.3 Å². The number of nitrogens with one attached hydrogen (secondary N) is 1. The second kappa shape index (κ2) is 10.6. The van der Waals surface area contributed by atoms with Crippen molar-refractivity contribution in [1.82, 2.24) is 14.7 Å². The van der Waals surface area contributed by atoms with Crippen LogP contribution >= 0.6 is 0 Å². The first-order chi connectivity index (χ1) is 16.5. The number of fused-ring (bicyclic) bond motifs is 1. The number of likely N-dealkylation sites (tertiary alicyclic amines) is 1. The third-order valence-corrected chi connectivity index (χ3v) is 5.53. The van der Waals surface area contributed by atoms with Crippen LogP contribution in [0.3, 0.4) is 0 Å². The van der Waals surface area contributed by atoms with Crippen LogP contribution in [0.2, 0.25) is 0 Å². The van der Waals surface area contributed by atoms with Crippen LogP contribution in [-0.4, -0.2) is 63.9 Å². The van der Waals surface area contributed by atoms with Crippen molar-refractivity contribution in [3.63, 3.8) is 0 Å². The molecule has 4 rings (SSSR count). The quantitative estimate of drug-likeness (QED) is 0.514. The summed E-state index contributed by atoms with van der Waals surface area (Å²) in [6.45, 7) is 1.91. The van der Waals surface area contributed by atoms with E-state index >= 15 is 0 Å². The van der Waals surface area contributed by atoms with E-state index in [0.29, 0.717) is 11.1 Å². The summed E-state index contributed by atoms with van der Waals surface area (Å²) in [5.74, 6) is -3.10. The van der Waals surface area contributed by atoms with E-state index in [-0.39, 0.29) is 11.8 Å². The van der Waals surface area contributed by atoms with Crippen LogP contribution in [0.1, 0.15) is 23.2 Å². The number of hydrogen-bond donors (Lipinski definition) is 3. The molecule has 2 heterocycles. The summed E-state index contributed by atoms with van der Waals surface area (Å²) < 4.78 is 33.4. The third kappa shape index (κ3) is 6.57. The lowest BCUT2D eigenvalue weighted by atomic mass is 9.96. The summed E-state index contributed by atoms with van der Waals surface area (Å²) in [4.78, 5) is 35.2. The Balaban J connectivity index is 0.000000429. The molecule has 0 bridgehead atoms. The highest BCUT2D eigenvalue weighted by Crippen LogP contribution is 2.22. The van der Waals surface area contributed by atoms with Crippen LogP contribution in [0, 0.1) is 5.92 Å². The molecule has 12 heteroatoms. The second-order valence-corrected chi connectivity index (χ2v) is 8.10. The number of primary amides is 1. The third-order valence-electron chi connectivity index (χ3n) is 5.53. The van der Waals surface area contributed by atoms with E-state index in [1.54, 1.807) is 16.8 Å². The molecule has 0 aliphatic carbocycles. The van der Waals surface area contributed by atoms with E-state index in [1.165, 1.54) is 0 Å². The minimum absolute atomic E-state index is 0.0690. The molecule has 4 N–H and O–H groups in total. The largest absolute Gasteiger partial charge is 0.490 e. The van der Waals surface area contributed by atoms with Gasteiger partial charge < -0.3 is 21.1 Å². The maximum Gasteiger partial charge on any atom is 0.490 e. The summed E-state index contributed by atoms with van der Waals surface area (Å²) >= 11 is 0.